The first-order valence-electron chi connectivity index (χ1n) is 7.05. The van der Waals surface area contributed by atoms with E-state index in [1.165, 1.54) is 19.3 Å². The molecule has 0 heterocycles. The Bertz CT molecular complexity index is 429. The van der Waals surface area contributed by atoms with Crippen molar-refractivity contribution in [3.63, 3.8) is 0 Å². The first-order chi connectivity index (χ1) is 9.19. The lowest BCUT2D eigenvalue weighted by Crippen LogP contribution is -2.38. The highest BCUT2D eigenvalue weighted by atomic mass is 16.2. The largest absolute Gasteiger partial charge is 0.397 e. The molecule has 0 radical (unpaired) electrons. The van der Waals surface area contributed by atoms with Gasteiger partial charge in [-0.15, -0.1) is 0 Å². The number of carbonyl (C=O) groups is 1. The maximum absolute atomic E-state index is 12.0. The van der Waals surface area contributed by atoms with E-state index in [9.17, 15) is 4.79 Å². The molecule has 1 aliphatic rings. The fourth-order valence-corrected chi connectivity index (χ4v) is 2.35. The lowest BCUT2D eigenvalue weighted by molar-refractivity contribution is -0.117. The van der Waals surface area contributed by atoms with Crippen molar-refractivity contribution in [1.82, 2.24) is 4.90 Å². The monoisotopic (exact) mass is 261 g/mol. The maximum atomic E-state index is 12.0. The van der Waals surface area contributed by atoms with Crippen LogP contribution in [0.5, 0.6) is 0 Å². The number of hydrogen-bond acceptors (Lipinski definition) is 3. The second-order valence-electron chi connectivity index (χ2n) is 5.26. The molecule has 104 valence electrons. The SMILES string of the molecule is CCN(CC(=O)Nc1ccccc1N)CC1CCC1. The Morgan fingerprint density at radius 3 is 2.74 bits per heavy atom. The first-order valence-corrected chi connectivity index (χ1v) is 7.05. The van der Waals surface area contributed by atoms with E-state index in [4.69, 9.17) is 5.73 Å². The van der Waals surface area contributed by atoms with Crippen molar-refractivity contribution in [2.24, 2.45) is 5.92 Å². The van der Waals surface area contributed by atoms with Crippen LogP contribution in [-0.2, 0) is 4.79 Å². The van der Waals surface area contributed by atoms with Gasteiger partial charge in [0.15, 0.2) is 0 Å². The third-order valence-electron chi connectivity index (χ3n) is 3.79. The van der Waals surface area contributed by atoms with Crippen molar-refractivity contribution in [3.8, 4) is 0 Å². The highest BCUT2D eigenvalue weighted by molar-refractivity contribution is 5.95. The van der Waals surface area contributed by atoms with E-state index in [2.05, 4.69) is 17.1 Å². The quantitative estimate of drug-likeness (QED) is 0.773. The maximum Gasteiger partial charge on any atom is 0.238 e. The Morgan fingerprint density at radius 1 is 1.42 bits per heavy atom. The van der Waals surface area contributed by atoms with Crippen LogP contribution in [0.25, 0.3) is 0 Å². The Kier molecular flexibility index (Phi) is 4.80. The van der Waals surface area contributed by atoms with Gasteiger partial charge in [-0.2, -0.15) is 0 Å². The van der Waals surface area contributed by atoms with E-state index in [0.29, 0.717) is 17.9 Å². The predicted molar refractivity (Wildman–Crippen MR) is 78.9 cm³/mol. The molecule has 3 N–H and O–H groups in total. The van der Waals surface area contributed by atoms with E-state index < -0.39 is 0 Å². The minimum Gasteiger partial charge on any atom is -0.397 e. The van der Waals surface area contributed by atoms with Crippen LogP contribution in [0.3, 0.4) is 0 Å². The second-order valence-corrected chi connectivity index (χ2v) is 5.26. The van der Waals surface area contributed by atoms with Crippen LogP contribution < -0.4 is 11.1 Å². The zero-order valence-electron chi connectivity index (χ0n) is 11.6. The summed E-state index contributed by atoms with van der Waals surface area (Å²) in [5.41, 5.74) is 7.13. The van der Waals surface area contributed by atoms with E-state index in [1.54, 1.807) is 6.07 Å². The topological polar surface area (TPSA) is 58.4 Å². The average molecular weight is 261 g/mol. The zero-order valence-corrected chi connectivity index (χ0v) is 11.6. The molecule has 4 heteroatoms. The standard InChI is InChI=1S/C15H23N3O/c1-2-18(10-12-6-5-7-12)11-15(19)17-14-9-4-3-8-13(14)16/h3-4,8-9,12H,2,5-7,10-11,16H2,1H3,(H,17,19). The normalized spacial score (nSPS) is 15.3. The zero-order chi connectivity index (χ0) is 13.7. The predicted octanol–water partition coefficient (Wildman–Crippen LogP) is 2.33. The van der Waals surface area contributed by atoms with Crippen LogP contribution >= 0.6 is 0 Å². The minimum atomic E-state index is 0.0130. The molecule has 1 aromatic rings. The summed E-state index contributed by atoms with van der Waals surface area (Å²) in [7, 11) is 0. The lowest BCUT2D eigenvalue weighted by atomic mass is 9.85. The summed E-state index contributed by atoms with van der Waals surface area (Å²) < 4.78 is 0. The number of carbonyl (C=O) groups excluding carboxylic acids is 1. The smallest absolute Gasteiger partial charge is 0.238 e. The number of nitrogens with two attached hydrogens (primary N) is 1. The van der Waals surface area contributed by atoms with Gasteiger partial charge in [-0.1, -0.05) is 25.5 Å². The number of anilines is 2. The summed E-state index contributed by atoms with van der Waals surface area (Å²) in [6.45, 7) is 4.49. The first kappa shape index (κ1) is 13.9. The molecule has 4 nitrogen and oxygen atoms in total. The number of likely N-dealkylation sites (N-methyl/N-ethyl adjacent to an activating group) is 1. The van der Waals surface area contributed by atoms with Gasteiger partial charge in [0.25, 0.3) is 0 Å². The van der Waals surface area contributed by atoms with Gasteiger partial charge in [-0.05, 0) is 37.4 Å². The number of nitrogens with one attached hydrogen (secondary N) is 1. The molecule has 1 saturated carbocycles. The molecule has 1 fully saturated rings. The van der Waals surface area contributed by atoms with Gasteiger partial charge in [0.2, 0.25) is 5.91 Å². The van der Waals surface area contributed by atoms with Crippen molar-refractivity contribution < 1.29 is 4.79 Å². The van der Waals surface area contributed by atoms with Gasteiger partial charge in [0.1, 0.15) is 0 Å². The van der Waals surface area contributed by atoms with Crippen molar-refractivity contribution in [1.29, 1.82) is 0 Å². The molecule has 1 amide bonds. The third kappa shape index (κ3) is 3.96. The molecular formula is C15H23N3O. The Labute approximate surface area is 115 Å². The molecule has 0 saturated heterocycles. The van der Waals surface area contributed by atoms with Crippen molar-refractivity contribution in [3.05, 3.63) is 24.3 Å². The lowest BCUT2D eigenvalue weighted by Gasteiger charge is -2.31. The highest BCUT2D eigenvalue weighted by Gasteiger charge is 2.21. The number of nitrogen functional groups attached to an aromatic ring is 1. The van der Waals surface area contributed by atoms with Gasteiger partial charge in [-0.3, -0.25) is 9.69 Å². The van der Waals surface area contributed by atoms with Crippen LogP contribution in [0.4, 0.5) is 11.4 Å². The number of hydrogen-bond donors (Lipinski definition) is 2. The summed E-state index contributed by atoms with van der Waals surface area (Å²) in [6, 6.07) is 7.36. The van der Waals surface area contributed by atoms with Crippen molar-refractivity contribution in [2.45, 2.75) is 26.2 Å². The van der Waals surface area contributed by atoms with Crippen LogP contribution in [0, 0.1) is 5.92 Å². The summed E-state index contributed by atoms with van der Waals surface area (Å²) >= 11 is 0. The highest BCUT2D eigenvalue weighted by Crippen LogP contribution is 2.27. The van der Waals surface area contributed by atoms with Crippen LogP contribution in [0.1, 0.15) is 26.2 Å². The fourth-order valence-electron chi connectivity index (χ4n) is 2.35. The second kappa shape index (κ2) is 6.57. The molecule has 2 rings (SSSR count). The number of nitrogens with zero attached hydrogens (tertiary/aromatic N) is 1. The Morgan fingerprint density at radius 2 is 2.16 bits per heavy atom. The molecule has 1 aliphatic carbocycles. The molecule has 1 aromatic carbocycles. The summed E-state index contributed by atoms with van der Waals surface area (Å²) in [5.74, 6) is 0.800. The van der Waals surface area contributed by atoms with E-state index >= 15 is 0 Å². The fraction of sp³-hybridized carbons (Fsp3) is 0.533. The number of amides is 1. The molecule has 0 aromatic heterocycles. The van der Waals surface area contributed by atoms with Gasteiger partial charge in [0, 0.05) is 6.54 Å². The average Bonchev–Trinajstić information content (AvgIpc) is 2.35. The molecule has 0 unspecified atom stereocenters. The van der Waals surface area contributed by atoms with Crippen molar-refractivity contribution in [2.75, 3.05) is 30.7 Å². The van der Waals surface area contributed by atoms with E-state index in [0.717, 1.165) is 19.0 Å². The van der Waals surface area contributed by atoms with Crippen LogP contribution in [0.15, 0.2) is 24.3 Å². The Hall–Kier alpha value is -1.55. The van der Waals surface area contributed by atoms with Gasteiger partial charge >= 0.3 is 0 Å². The van der Waals surface area contributed by atoms with Crippen LogP contribution in [0.2, 0.25) is 0 Å². The molecule has 0 spiro atoms. The van der Waals surface area contributed by atoms with E-state index in [1.807, 2.05) is 18.2 Å². The minimum absolute atomic E-state index is 0.0130. The van der Waals surface area contributed by atoms with Gasteiger partial charge in [-0.25, -0.2) is 0 Å². The van der Waals surface area contributed by atoms with Gasteiger partial charge < -0.3 is 11.1 Å². The van der Waals surface area contributed by atoms with Gasteiger partial charge in [0.05, 0.1) is 17.9 Å². The summed E-state index contributed by atoms with van der Waals surface area (Å²) in [6.07, 6.45) is 3.96. The molecule has 0 bridgehead atoms. The molecule has 0 aliphatic heterocycles. The number of para-hydroxylation sites is 2. The van der Waals surface area contributed by atoms with Crippen LogP contribution in [-0.4, -0.2) is 30.4 Å². The Balaban J connectivity index is 1.83. The van der Waals surface area contributed by atoms with Crippen molar-refractivity contribution >= 4 is 17.3 Å². The number of rotatable bonds is 6. The third-order valence-corrected chi connectivity index (χ3v) is 3.79. The molecule has 0 atom stereocenters. The molecule has 19 heavy (non-hydrogen) atoms. The summed E-state index contributed by atoms with van der Waals surface area (Å²) in [4.78, 5) is 14.2. The number of benzene rings is 1. The molecular weight excluding hydrogens is 238 g/mol. The van der Waals surface area contributed by atoms with E-state index in [-0.39, 0.29) is 5.91 Å². The summed E-state index contributed by atoms with van der Waals surface area (Å²) in [5, 5.41) is 2.88.